The number of nitrogens with zero attached hydrogens (tertiary/aromatic N) is 2. The van der Waals surface area contributed by atoms with E-state index < -0.39 is 5.82 Å². The molecule has 0 fully saturated rings. The van der Waals surface area contributed by atoms with Crippen molar-refractivity contribution < 1.29 is 9.18 Å². The zero-order chi connectivity index (χ0) is 12.0. The largest absolute Gasteiger partial charge is 0.381 e. The maximum absolute atomic E-state index is 13.7. The number of carbonyl (C=O) groups excluding carboxylic acids is 1. The molecule has 0 radical (unpaired) electrons. The molecule has 0 spiro atoms. The van der Waals surface area contributed by atoms with Crippen molar-refractivity contribution in [2.45, 2.75) is 6.54 Å². The summed E-state index contributed by atoms with van der Waals surface area (Å²) in [6.07, 6.45) is 1.58. The van der Waals surface area contributed by atoms with Crippen LogP contribution in [0.4, 0.5) is 10.2 Å². The molecular weight excluding hydrogens is 243 g/mol. The maximum Gasteiger partial charge on any atom is 0.254 e. The van der Waals surface area contributed by atoms with Crippen LogP contribution in [0.1, 0.15) is 15.9 Å². The minimum absolute atomic E-state index is 0.151. The molecule has 0 saturated heterocycles. The molecule has 2 aromatic rings. The lowest BCUT2D eigenvalue weighted by Crippen LogP contribution is -2.13. The third-order valence-corrected chi connectivity index (χ3v) is 3.36. The Labute approximate surface area is 99.5 Å². The molecule has 3 rings (SSSR count). The Bertz CT molecular complexity index is 611. The highest BCUT2D eigenvalue weighted by atomic mass is 32.1. The van der Waals surface area contributed by atoms with Gasteiger partial charge in [-0.1, -0.05) is 0 Å². The number of thiazole rings is 1. The molecule has 0 unspecified atom stereocenters. The number of nitrogens with two attached hydrogens (primary N) is 1. The minimum Gasteiger partial charge on any atom is -0.381 e. The highest BCUT2D eigenvalue weighted by molar-refractivity contribution is 7.13. The van der Waals surface area contributed by atoms with Crippen molar-refractivity contribution in [1.29, 1.82) is 0 Å². The van der Waals surface area contributed by atoms with Gasteiger partial charge in [0, 0.05) is 18.3 Å². The second kappa shape index (κ2) is 3.49. The Kier molecular flexibility index (Phi) is 2.08. The molecule has 0 bridgehead atoms. The molecule has 0 atom stereocenters. The van der Waals surface area contributed by atoms with Gasteiger partial charge in [-0.25, -0.2) is 9.37 Å². The van der Waals surface area contributed by atoms with Crippen LogP contribution in [0.3, 0.4) is 0 Å². The molecule has 1 amide bonds. The van der Waals surface area contributed by atoms with E-state index in [0.717, 1.165) is 0 Å². The van der Waals surface area contributed by atoms with Gasteiger partial charge in [0.1, 0.15) is 0 Å². The van der Waals surface area contributed by atoms with Crippen LogP contribution in [0.15, 0.2) is 11.7 Å². The van der Waals surface area contributed by atoms with Crippen LogP contribution in [-0.4, -0.2) is 15.9 Å². The van der Waals surface area contributed by atoms with Gasteiger partial charge in [0.25, 0.3) is 5.91 Å². The van der Waals surface area contributed by atoms with Gasteiger partial charge in [0.2, 0.25) is 0 Å². The Morgan fingerprint density at radius 2 is 2.35 bits per heavy atom. The second-order valence-corrected chi connectivity index (χ2v) is 4.45. The van der Waals surface area contributed by atoms with E-state index in [1.807, 2.05) is 0 Å². The fraction of sp³-hybridized carbons (Fsp3) is 0.100. The third kappa shape index (κ3) is 1.39. The predicted octanol–water partition coefficient (Wildman–Crippen LogP) is 1.17. The molecule has 0 aromatic carbocycles. The SMILES string of the molecule is Nc1nc(-c2cncs2)c2c(c1F)CNC2=O. The van der Waals surface area contributed by atoms with Gasteiger partial charge in [-0.15, -0.1) is 11.3 Å². The van der Waals surface area contributed by atoms with E-state index in [-0.39, 0.29) is 29.4 Å². The first-order valence-electron chi connectivity index (χ1n) is 4.83. The Balaban J connectivity index is 2.33. The summed E-state index contributed by atoms with van der Waals surface area (Å²) in [7, 11) is 0. The van der Waals surface area contributed by atoms with E-state index in [1.165, 1.54) is 11.3 Å². The van der Waals surface area contributed by atoms with Crippen molar-refractivity contribution in [3.63, 3.8) is 0 Å². The topological polar surface area (TPSA) is 80.9 Å². The number of nitrogen functional groups attached to an aromatic ring is 1. The number of carbonyl (C=O) groups is 1. The molecule has 0 saturated carbocycles. The molecule has 1 aliphatic rings. The first-order valence-corrected chi connectivity index (χ1v) is 5.71. The lowest BCUT2D eigenvalue weighted by Gasteiger charge is -2.06. The lowest BCUT2D eigenvalue weighted by atomic mass is 10.1. The monoisotopic (exact) mass is 250 g/mol. The van der Waals surface area contributed by atoms with Crippen molar-refractivity contribution in [3.05, 3.63) is 28.7 Å². The van der Waals surface area contributed by atoms with Crippen LogP contribution >= 0.6 is 11.3 Å². The summed E-state index contributed by atoms with van der Waals surface area (Å²) in [5.74, 6) is -1.13. The zero-order valence-electron chi connectivity index (χ0n) is 8.53. The van der Waals surface area contributed by atoms with Crippen LogP contribution in [0.2, 0.25) is 0 Å². The highest BCUT2D eigenvalue weighted by Crippen LogP contribution is 2.32. The molecule has 3 heterocycles. The van der Waals surface area contributed by atoms with E-state index in [4.69, 9.17) is 5.73 Å². The normalized spacial score (nSPS) is 13.6. The van der Waals surface area contributed by atoms with Gasteiger partial charge in [0.05, 0.1) is 21.6 Å². The number of hydrogen-bond donors (Lipinski definition) is 2. The molecule has 1 aliphatic heterocycles. The quantitative estimate of drug-likeness (QED) is 0.796. The van der Waals surface area contributed by atoms with Crippen molar-refractivity contribution in [1.82, 2.24) is 15.3 Å². The zero-order valence-corrected chi connectivity index (χ0v) is 9.34. The van der Waals surface area contributed by atoms with E-state index in [0.29, 0.717) is 10.6 Å². The average molecular weight is 250 g/mol. The van der Waals surface area contributed by atoms with Crippen LogP contribution in [-0.2, 0) is 6.54 Å². The fourth-order valence-corrected chi connectivity index (χ4v) is 2.43. The van der Waals surface area contributed by atoms with Crippen LogP contribution < -0.4 is 11.1 Å². The Hall–Kier alpha value is -2.02. The molecule has 2 aromatic heterocycles. The third-order valence-electron chi connectivity index (χ3n) is 2.58. The van der Waals surface area contributed by atoms with Gasteiger partial charge in [-0.2, -0.15) is 0 Å². The number of aromatic nitrogens is 2. The first kappa shape index (κ1) is 10.2. The van der Waals surface area contributed by atoms with Crippen molar-refractivity contribution in [2.24, 2.45) is 0 Å². The van der Waals surface area contributed by atoms with E-state index in [9.17, 15) is 9.18 Å². The molecule has 3 N–H and O–H groups in total. The molecule has 86 valence electrons. The van der Waals surface area contributed by atoms with Crippen molar-refractivity contribution >= 4 is 23.1 Å². The number of nitrogens with one attached hydrogen (secondary N) is 1. The Morgan fingerprint density at radius 3 is 3.06 bits per heavy atom. The summed E-state index contributed by atoms with van der Waals surface area (Å²) in [6, 6.07) is 0. The number of hydrogen-bond acceptors (Lipinski definition) is 5. The average Bonchev–Trinajstić information content (AvgIpc) is 2.93. The second-order valence-electron chi connectivity index (χ2n) is 3.56. The molecule has 7 heteroatoms. The summed E-state index contributed by atoms with van der Waals surface area (Å²) >= 11 is 1.33. The summed E-state index contributed by atoms with van der Waals surface area (Å²) in [6.45, 7) is 0.151. The van der Waals surface area contributed by atoms with Crippen LogP contribution in [0, 0.1) is 5.82 Å². The van der Waals surface area contributed by atoms with Crippen molar-refractivity contribution in [3.8, 4) is 10.6 Å². The number of anilines is 1. The summed E-state index contributed by atoms with van der Waals surface area (Å²) in [5.41, 5.74) is 8.07. The summed E-state index contributed by atoms with van der Waals surface area (Å²) in [4.78, 5) is 20.2. The molecular formula is C10H7FN4OS. The Morgan fingerprint density at radius 1 is 1.53 bits per heavy atom. The van der Waals surface area contributed by atoms with E-state index >= 15 is 0 Å². The van der Waals surface area contributed by atoms with E-state index in [1.54, 1.807) is 11.7 Å². The van der Waals surface area contributed by atoms with Gasteiger partial charge in [0.15, 0.2) is 11.6 Å². The predicted molar refractivity (Wildman–Crippen MR) is 60.9 cm³/mol. The van der Waals surface area contributed by atoms with Crippen LogP contribution in [0.25, 0.3) is 10.6 Å². The van der Waals surface area contributed by atoms with Crippen LogP contribution in [0.5, 0.6) is 0 Å². The summed E-state index contributed by atoms with van der Waals surface area (Å²) < 4.78 is 13.7. The smallest absolute Gasteiger partial charge is 0.254 e. The maximum atomic E-state index is 13.7. The van der Waals surface area contributed by atoms with Gasteiger partial charge < -0.3 is 11.1 Å². The van der Waals surface area contributed by atoms with E-state index in [2.05, 4.69) is 15.3 Å². The van der Waals surface area contributed by atoms with Gasteiger partial charge in [-0.05, 0) is 0 Å². The summed E-state index contributed by atoms with van der Waals surface area (Å²) in [5, 5.41) is 2.57. The standard InChI is InChI=1S/C10H7FN4OS/c11-7-4-1-14-10(16)6(4)8(15-9(7)12)5-2-13-3-17-5/h2-3H,1H2,(H2,12,15)(H,14,16). The molecule has 0 aliphatic carbocycles. The number of amides is 1. The number of halogens is 1. The first-order chi connectivity index (χ1) is 8.18. The fourth-order valence-electron chi connectivity index (χ4n) is 1.81. The highest BCUT2D eigenvalue weighted by Gasteiger charge is 2.29. The van der Waals surface area contributed by atoms with Gasteiger partial charge >= 0.3 is 0 Å². The number of pyridine rings is 1. The minimum atomic E-state index is -0.619. The number of rotatable bonds is 1. The number of fused-ring (bicyclic) bond motifs is 1. The van der Waals surface area contributed by atoms with Gasteiger partial charge in [-0.3, -0.25) is 9.78 Å². The molecule has 5 nitrogen and oxygen atoms in total. The van der Waals surface area contributed by atoms with Crippen molar-refractivity contribution in [2.75, 3.05) is 5.73 Å². The molecule has 17 heavy (non-hydrogen) atoms. The lowest BCUT2D eigenvalue weighted by molar-refractivity contribution is 0.0966.